The van der Waals surface area contributed by atoms with Gasteiger partial charge in [-0.05, 0) is 12.1 Å². The van der Waals surface area contributed by atoms with Crippen LogP contribution in [0.5, 0.6) is 0 Å². The Morgan fingerprint density at radius 2 is 1.95 bits per heavy atom. The zero-order chi connectivity index (χ0) is 15.6. The van der Waals surface area contributed by atoms with Crippen molar-refractivity contribution in [2.75, 3.05) is 5.75 Å². The van der Waals surface area contributed by atoms with Crippen molar-refractivity contribution >= 4 is 29.1 Å². The Labute approximate surface area is 119 Å². The molecule has 1 heterocycles. The molecule has 0 aromatic heterocycles. The second-order valence-electron chi connectivity index (χ2n) is 3.81. The van der Waals surface area contributed by atoms with E-state index in [0.29, 0.717) is 6.07 Å². The topological polar surface area (TPSA) is 53.8 Å². The van der Waals surface area contributed by atoms with Crippen molar-refractivity contribution in [3.05, 3.63) is 34.9 Å². The van der Waals surface area contributed by atoms with Gasteiger partial charge in [0.1, 0.15) is 0 Å². The van der Waals surface area contributed by atoms with Crippen LogP contribution in [0.25, 0.3) is 0 Å². The second kappa shape index (κ2) is 5.80. The zero-order valence-electron chi connectivity index (χ0n) is 10.0. The number of carbonyl (C=O) groups excluding carboxylic acids is 1. The second-order valence-corrected chi connectivity index (χ2v) is 4.78. The number of benzene rings is 1. The lowest BCUT2D eigenvalue weighted by molar-refractivity contribution is -0.140. The van der Waals surface area contributed by atoms with Gasteiger partial charge in [0.2, 0.25) is 5.91 Å². The number of thioether (sulfide) groups is 1. The molecule has 1 aliphatic heterocycles. The molecular formula is C11H6F5N3OS. The number of hydrogen-bond donors (Lipinski definition) is 1. The summed E-state index contributed by atoms with van der Waals surface area (Å²) < 4.78 is 63.8. The van der Waals surface area contributed by atoms with Crippen molar-refractivity contribution in [2.24, 2.45) is 10.2 Å². The summed E-state index contributed by atoms with van der Waals surface area (Å²) in [5.41, 5.74) is -2.18. The molecule has 0 aliphatic carbocycles. The summed E-state index contributed by atoms with van der Waals surface area (Å²) in [6, 6.07) is 1.16. The van der Waals surface area contributed by atoms with Crippen LogP contribution in [0.3, 0.4) is 0 Å². The Morgan fingerprint density at radius 3 is 2.52 bits per heavy atom. The molecule has 1 saturated heterocycles. The van der Waals surface area contributed by atoms with Gasteiger partial charge in [-0.15, -0.1) is 5.10 Å². The van der Waals surface area contributed by atoms with Crippen LogP contribution in [0.4, 0.5) is 22.0 Å². The van der Waals surface area contributed by atoms with E-state index < -0.39 is 28.9 Å². The minimum Gasteiger partial charge on any atom is -0.303 e. The standard InChI is InChI=1S/C11H6F5N3OS/c12-8-5(1-2-6(9(8)13)11(14,15)16)3-17-19-10-18-7(20)4-21-10/h1-3H,4H2,(H,18,19,20). The molecule has 1 aromatic rings. The van der Waals surface area contributed by atoms with Crippen molar-refractivity contribution in [1.82, 2.24) is 5.32 Å². The first kappa shape index (κ1) is 15.4. The quantitative estimate of drug-likeness (QED) is 0.517. The van der Waals surface area contributed by atoms with Gasteiger partial charge in [0.25, 0.3) is 0 Å². The van der Waals surface area contributed by atoms with Gasteiger partial charge in [-0.3, -0.25) is 4.79 Å². The van der Waals surface area contributed by atoms with E-state index in [0.717, 1.165) is 24.0 Å². The van der Waals surface area contributed by atoms with Crippen LogP contribution in [0.1, 0.15) is 11.1 Å². The number of rotatable bonds is 2. The Morgan fingerprint density at radius 1 is 1.24 bits per heavy atom. The third-order valence-corrected chi connectivity index (χ3v) is 3.21. The van der Waals surface area contributed by atoms with Crippen molar-refractivity contribution in [3.63, 3.8) is 0 Å². The Balaban J connectivity index is 2.22. The van der Waals surface area contributed by atoms with E-state index >= 15 is 0 Å². The molecule has 0 saturated carbocycles. The maximum atomic E-state index is 13.5. The highest BCUT2D eigenvalue weighted by Crippen LogP contribution is 2.32. The molecule has 1 N–H and O–H groups in total. The largest absolute Gasteiger partial charge is 0.419 e. The molecule has 1 fully saturated rings. The normalized spacial score (nSPS) is 17.8. The number of amidine groups is 1. The maximum Gasteiger partial charge on any atom is 0.419 e. The van der Waals surface area contributed by atoms with Crippen molar-refractivity contribution in [2.45, 2.75) is 6.18 Å². The molecule has 112 valence electrons. The van der Waals surface area contributed by atoms with Gasteiger partial charge in [-0.1, -0.05) is 11.8 Å². The fraction of sp³-hybridized carbons (Fsp3) is 0.182. The first-order valence-corrected chi connectivity index (χ1v) is 6.36. The Bertz CT molecular complexity index is 641. The van der Waals surface area contributed by atoms with Gasteiger partial charge >= 0.3 is 6.18 Å². The number of hydrogen-bond acceptors (Lipinski definition) is 4. The highest BCUT2D eigenvalue weighted by atomic mass is 32.2. The summed E-state index contributed by atoms with van der Waals surface area (Å²) in [5.74, 6) is -3.78. The maximum absolute atomic E-state index is 13.5. The molecule has 4 nitrogen and oxygen atoms in total. The molecule has 0 unspecified atom stereocenters. The van der Waals surface area contributed by atoms with Gasteiger partial charge in [0.15, 0.2) is 16.8 Å². The van der Waals surface area contributed by atoms with Crippen LogP contribution < -0.4 is 5.32 Å². The first-order valence-electron chi connectivity index (χ1n) is 5.38. The average molecular weight is 323 g/mol. The highest BCUT2D eigenvalue weighted by Gasteiger charge is 2.35. The minimum atomic E-state index is -4.98. The van der Waals surface area contributed by atoms with E-state index in [9.17, 15) is 26.7 Å². The summed E-state index contributed by atoms with van der Waals surface area (Å²) in [6.07, 6.45) is -4.22. The van der Waals surface area contributed by atoms with Crippen molar-refractivity contribution < 1.29 is 26.7 Å². The molecular weight excluding hydrogens is 317 g/mol. The van der Waals surface area contributed by atoms with Crippen LogP contribution in [-0.2, 0) is 11.0 Å². The first-order chi connectivity index (χ1) is 9.79. The highest BCUT2D eigenvalue weighted by molar-refractivity contribution is 8.15. The zero-order valence-corrected chi connectivity index (χ0v) is 10.9. The predicted octanol–water partition coefficient (Wildman–Crippen LogP) is 2.54. The molecule has 1 aromatic carbocycles. The Kier molecular flexibility index (Phi) is 4.26. The Hall–Kier alpha value is -1.97. The third-order valence-electron chi connectivity index (χ3n) is 2.35. The summed E-state index contributed by atoms with van der Waals surface area (Å²) in [7, 11) is 0. The fourth-order valence-electron chi connectivity index (χ4n) is 1.41. The lowest BCUT2D eigenvalue weighted by Crippen LogP contribution is -2.19. The molecule has 21 heavy (non-hydrogen) atoms. The summed E-state index contributed by atoms with van der Waals surface area (Å²) >= 11 is 1.06. The molecule has 0 spiro atoms. The number of carbonyl (C=O) groups is 1. The number of nitrogens with one attached hydrogen (secondary N) is 1. The van der Waals surface area contributed by atoms with E-state index in [1.807, 2.05) is 0 Å². The molecule has 0 bridgehead atoms. The SMILES string of the molecule is O=C1CSC(=NN=Cc2ccc(C(F)(F)F)c(F)c2F)N1. The molecule has 0 radical (unpaired) electrons. The summed E-state index contributed by atoms with van der Waals surface area (Å²) in [5, 5.41) is 9.42. The van der Waals surface area contributed by atoms with Crippen LogP contribution in [0.15, 0.2) is 22.3 Å². The van der Waals surface area contributed by atoms with Crippen LogP contribution in [-0.4, -0.2) is 23.0 Å². The molecule has 10 heteroatoms. The van der Waals surface area contributed by atoms with E-state index in [2.05, 4.69) is 15.5 Å². The van der Waals surface area contributed by atoms with Gasteiger partial charge in [0, 0.05) is 5.56 Å². The third kappa shape index (κ3) is 3.57. The van der Waals surface area contributed by atoms with Gasteiger partial charge < -0.3 is 5.32 Å². The van der Waals surface area contributed by atoms with Crippen LogP contribution in [0.2, 0.25) is 0 Å². The fourth-order valence-corrected chi connectivity index (χ4v) is 2.04. The molecule has 1 aliphatic rings. The van der Waals surface area contributed by atoms with E-state index in [1.165, 1.54) is 0 Å². The molecule has 0 atom stereocenters. The number of nitrogens with zero attached hydrogens (tertiary/aromatic N) is 2. The van der Waals surface area contributed by atoms with Gasteiger partial charge in [-0.25, -0.2) is 8.78 Å². The lowest BCUT2D eigenvalue weighted by atomic mass is 10.1. The molecule has 1 amide bonds. The van der Waals surface area contributed by atoms with E-state index in [1.54, 1.807) is 0 Å². The molecule has 2 rings (SSSR count). The number of halogens is 5. The summed E-state index contributed by atoms with van der Waals surface area (Å²) in [6.45, 7) is 0. The smallest absolute Gasteiger partial charge is 0.303 e. The van der Waals surface area contributed by atoms with Gasteiger partial charge in [-0.2, -0.15) is 18.3 Å². The van der Waals surface area contributed by atoms with E-state index in [4.69, 9.17) is 0 Å². The van der Waals surface area contributed by atoms with Crippen LogP contribution >= 0.6 is 11.8 Å². The van der Waals surface area contributed by atoms with Crippen molar-refractivity contribution in [1.29, 1.82) is 0 Å². The number of alkyl halides is 3. The lowest BCUT2D eigenvalue weighted by Gasteiger charge is -2.08. The van der Waals surface area contributed by atoms with Gasteiger partial charge in [0.05, 0.1) is 17.5 Å². The predicted molar refractivity (Wildman–Crippen MR) is 67.0 cm³/mol. The summed E-state index contributed by atoms with van der Waals surface area (Å²) in [4.78, 5) is 10.8. The van der Waals surface area contributed by atoms with E-state index in [-0.39, 0.29) is 16.8 Å². The monoisotopic (exact) mass is 323 g/mol. The van der Waals surface area contributed by atoms with Crippen LogP contribution in [0, 0.1) is 11.6 Å². The average Bonchev–Trinajstić information content (AvgIpc) is 2.79. The van der Waals surface area contributed by atoms with Crippen molar-refractivity contribution in [3.8, 4) is 0 Å². The number of amides is 1. The minimum absolute atomic E-state index is 0.164.